The number of amides is 1. The quantitative estimate of drug-likeness (QED) is 0.602. The van der Waals surface area contributed by atoms with E-state index in [1.54, 1.807) is 12.1 Å². The van der Waals surface area contributed by atoms with Crippen molar-refractivity contribution in [3.63, 3.8) is 0 Å². The zero-order chi connectivity index (χ0) is 21.1. The lowest BCUT2D eigenvalue weighted by Gasteiger charge is -2.18. The van der Waals surface area contributed by atoms with Crippen LogP contribution in [0.25, 0.3) is 0 Å². The van der Waals surface area contributed by atoms with Gasteiger partial charge in [0.1, 0.15) is 11.6 Å². The van der Waals surface area contributed by atoms with Crippen LogP contribution in [-0.4, -0.2) is 25.0 Å². The minimum atomic E-state index is -0.253. The highest BCUT2D eigenvalue weighted by Gasteiger charge is 2.44. The standard InChI is InChI=1S/C24H25FN4O/c1-29(2)23-21(27-24(30)20-14-19(20)17-6-4-3-5-7-17)12-13-22(28-23)26-15-16-8-10-18(25)11-9-16/h3-13,19-20H,14-15H2,1-2H3,(H,26,28)(H,27,30). The number of hydrogen-bond acceptors (Lipinski definition) is 4. The summed E-state index contributed by atoms with van der Waals surface area (Å²) in [5.41, 5.74) is 2.86. The Labute approximate surface area is 176 Å². The van der Waals surface area contributed by atoms with Crippen molar-refractivity contribution >= 4 is 23.2 Å². The zero-order valence-corrected chi connectivity index (χ0v) is 17.1. The highest BCUT2D eigenvalue weighted by Crippen LogP contribution is 2.48. The molecule has 3 aromatic rings. The number of carbonyl (C=O) groups excluding carboxylic acids is 1. The maximum atomic E-state index is 13.0. The van der Waals surface area contributed by atoms with Gasteiger partial charge in [0.2, 0.25) is 5.91 Å². The van der Waals surface area contributed by atoms with E-state index in [0.717, 1.165) is 12.0 Å². The minimum absolute atomic E-state index is 0.00121. The maximum Gasteiger partial charge on any atom is 0.228 e. The largest absolute Gasteiger partial charge is 0.366 e. The summed E-state index contributed by atoms with van der Waals surface area (Å²) in [6, 6.07) is 20.2. The molecule has 0 spiro atoms. The van der Waals surface area contributed by atoms with Crippen LogP contribution in [-0.2, 0) is 11.3 Å². The van der Waals surface area contributed by atoms with Gasteiger partial charge in [0, 0.05) is 26.6 Å². The molecule has 6 heteroatoms. The van der Waals surface area contributed by atoms with Crippen LogP contribution < -0.4 is 15.5 Å². The van der Waals surface area contributed by atoms with E-state index in [1.165, 1.54) is 17.7 Å². The van der Waals surface area contributed by atoms with E-state index < -0.39 is 0 Å². The van der Waals surface area contributed by atoms with Gasteiger partial charge in [0.25, 0.3) is 0 Å². The lowest BCUT2D eigenvalue weighted by molar-refractivity contribution is -0.117. The molecule has 1 saturated carbocycles. The number of nitrogens with zero attached hydrogens (tertiary/aromatic N) is 2. The molecular weight excluding hydrogens is 379 g/mol. The van der Waals surface area contributed by atoms with Crippen molar-refractivity contribution in [3.8, 4) is 0 Å². The van der Waals surface area contributed by atoms with Gasteiger partial charge in [-0.25, -0.2) is 9.37 Å². The third-order valence-electron chi connectivity index (χ3n) is 5.30. The van der Waals surface area contributed by atoms with Crippen LogP contribution >= 0.6 is 0 Å². The van der Waals surface area contributed by atoms with Crippen molar-refractivity contribution in [1.29, 1.82) is 0 Å². The Kier molecular flexibility index (Phi) is 5.65. The van der Waals surface area contributed by atoms with Gasteiger partial charge in [-0.15, -0.1) is 0 Å². The summed E-state index contributed by atoms with van der Waals surface area (Å²) in [5, 5.41) is 6.30. The van der Waals surface area contributed by atoms with Crippen molar-refractivity contribution in [3.05, 3.63) is 83.7 Å². The Morgan fingerprint density at radius 1 is 1.07 bits per heavy atom. The normalized spacial score (nSPS) is 17.3. The second kappa shape index (κ2) is 8.53. The van der Waals surface area contributed by atoms with Crippen molar-refractivity contribution in [2.75, 3.05) is 29.6 Å². The summed E-state index contributed by atoms with van der Waals surface area (Å²) in [6.07, 6.45) is 0.873. The molecule has 2 N–H and O–H groups in total. The highest BCUT2D eigenvalue weighted by molar-refractivity contribution is 5.97. The monoisotopic (exact) mass is 404 g/mol. The van der Waals surface area contributed by atoms with Crippen molar-refractivity contribution < 1.29 is 9.18 Å². The SMILES string of the molecule is CN(C)c1nc(NCc2ccc(F)cc2)ccc1NC(=O)C1CC1c1ccccc1. The minimum Gasteiger partial charge on any atom is -0.366 e. The smallest absolute Gasteiger partial charge is 0.228 e. The molecule has 30 heavy (non-hydrogen) atoms. The molecule has 0 aliphatic heterocycles. The highest BCUT2D eigenvalue weighted by atomic mass is 19.1. The Morgan fingerprint density at radius 3 is 2.50 bits per heavy atom. The molecule has 154 valence electrons. The fraction of sp³-hybridized carbons (Fsp3) is 0.250. The molecule has 2 atom stereocenters. The van der Waals surface area contributed by atoms with Crippen molar-refractivity contribution in [1.82, 2.24) is 4.98 Å². The number of aromatic nitrogens is 1. The molecule has 1 fully saturated rings. The first-order valence-electron chi connectivity index (χ1n) is 10.0. The number of carbonyl (C=O) groups is 1. The van der Waals surface area contributed by atoms with Gasteiger partial charge in [0.15, 0.2) is 5.82 Å². The van der Waals surface area contributed by atoms with Gasteiger partial charge < -0.3 is 15.5 Å². The summed E-state index contributed by atoms with van der Waals surface area (Å²) in [6.45, 7) is 0.534. The van der Waals surface area contributed by atoms with Gasteiger partial charge in [-0.2, -0.15) is 0 Å². The van der Waals surface area contributed by atoms with Crippen LogP contribution in [0.4, 0.5) is 21.7 Å². The third-order valence-corrected chi connectivity index (χ3v) is 5.30. The summed E-state index contributed by atoms with van der Waals surface area (Å²) in [4.78, 5) is 19.3. The topological polar surface area (TPSA) is 57.3 Å². The lowest BCUT2D eigenvalue weighted by Crippen LogP contribution is -2.20. The molecule has 1 aliphatic carbocycles. The van der Waals surface area contributed by atoms with Crippen molar-refractivity contribution in [2.45, 2.75) is 18.9 Å². The van der Waals surface area contributed by atoms with E-state index in [-0.39, 0.29) is 17.6 Å². The molecule has 0 radical (unpaired) electrons. The molecule has 0 bridgehead atoms. The Balaban J connectivity index is 1.42. The number of benzene rings is 2. The Hall–Kier alpha value is -3.41. The predicted molar refractivity (Wildman–Crippen MR) is 118 cm³/mol. The molecule has 1 amide bonds. The van der Waals surface area contributed by atoms with E-state index >= 15 is 0 Å². The molecule has 2 unspecified atom stereocenters. The molecule has 1 aromatic heterocycles. The number of hydrogen-bond donors (Lipinski definition) is 2. The van der Waals surface area contributed by atoms with Gasteiger partial charge in [-0.3, -0.25) is 4.79 Å². The summed E-state index contributed by atoms with van der Waals surface area (Å²) >= 11 is 0. The van der Waals surface area contributed by atoms with Crippen LogP contribution in [0.2, 0.25) is 0 Å². The van der Waals surface area contributed by atoms with Crippen LogP contribution in [0.5, 0.6) is 0 Å². The second-order valence-corrected chi connectivity index (χ2v) is 7.79. The fourth-order valence-electron chi connectivity index (χ4n) is 3.56. The average molecular weight is 404 g/mol. The molecule has 4 rings (SSSR count). The van der Waals surface area contributed by atoms with Crippen LogP contribution in [0.1, 0.15) is 23.5 Å². The first-order chi connectivity index (χ1) is 14.5. The third kappa shape index (κ3) is 4.59. The summed E-state index contributed by atoms with van der Waals surface area (Å²) < 4.78 is 13.0. The number of pyridine rings is 1. The first kappa shape index (κ1) is 19.9. The van der Waals surface area contributed by atoms with Gasteiger partial charge in [-0.05, 0) is 47.7 Å². The van der Waals surface area contributed by atoms with E-state index in [9.17, 15) is 9.18 Å². The number of halogens is 1. The lowest BCUT2D eigenvalue weighted by atomic mass is 10.1. The maximum absolute atomic E-state index is 13.0. The van der Waals surface area contributed by atoms with E-state index in [1.807, 2.05) is 49.3 Å². The van der Waals surface area contributed by atoms with Gasteiger partial charge in [0.05, 0.1) is 5.69 Å². The number of rotatable bonds is 7. The van der Waals surface area contributed by atoms with E-state index in [2.05, 4.69) is 27.8 Å². The molecule has 0 saturated heterocycles. The van der Waals surface area contributed by atoms with Crippen molar-refractivity contribution in [2.24, 2.45) is 5.92 Å². The Bertz CT molecular complexity index is 1020. The molecule has 5 nitrogen and oxygen atoms in total. The summed E-state index contributed by atoms with van der Waals surface area (Å²) in [5.74, 6) is 1.44. The first-order valence-corrected chi connectivity index (χ1v) is 10.0. The fourth-order valence-corrected chi connectivity index (χ4v) is 3.56. The molecular formula is C24H25FN4O. The van der Waals surface area contributed by atoms with Crippen LogP contribution in [0, 0.1) is 11.7 Å². The zero-order valence-electron chi connectivity index (χ0n) is 17.1. The predicted octanol–water partition coefficient (Wildman–Crippen LogP) is 4.64. The molecule has 1 aliphatic rings. The molecule has 1 heterocycles. The summed E-state index contributed by atoms with van der Waals surface area (Å²) in [7, 11) is 3.79. The Morgan fingerprint density at radius 2 is 1.80 bits per heavy atom. The second-order valence-electron chi connectivity index (χ2n) is 7.79. The van der Waals surface area contributed by atoms with Gasteiger partial charge >= 0.3 is 0 Å². The van der Waals surface area contributed by atoms with E-state index in [0.29, 0.717) is 29.8 Å². The number of nitrogens with one attached hydrogen (secondary N) is 2. The van der Waals surface area contributed by atoms with Gasteiger partial charge in [-0.1, -0.05) is 42.5 Å². The number of anilines is 3. The molecule has 2 aromatic carbocycles. The van der Waals surface area contributed by atoms with Crippen LogP contribution in [0.15, 0.2) is 66.7 Å². The van der Waals surface area contributed by atoms with E-state index in [4.69, 9.17) is 0 Å². The van der Waals surface area contributed by atoms with Crippen LogP contribution in [0.3, 0.4) is 0 Å². The average Bonchev–Trinajstić information content (AvgIpc) is 3.56.